The molecular formula is C27H52NO12P. The number of ether oxygens (including phenoxy) is 4. The largest absolute Gasteiger partial charge is 0.473 e. The molecule has 242 valence electrons. The molecule has 0 aromatic heterocycles. The van der Waals surface area contributed by atoms with Crippen molar-refractivity contribution in [3.05, 3.63) is 0 Å². The first kappa shape index (κ1) is 36.5. The van der Waals surface area contributed by atoms with Crippen molar-refractivity contribution < 1.29 is 57.6 Å². The van der Waals surface area contributed by atoms with E-state index in [4.69, 9.17) is 28.0 Å². The van der Waals surface area contributed by atoms with E-state index < -0.39 is 62.8 Å². The molecule has 2 rings (SSSR count). The molecule has 0 bridgehead atoms. The molecule has 2 aliphatic rings. The summed E-state index contributed by atoms with van der Waals surface area (Å²) in [6.07, 6.45) is -2.02. The summed E-state index contributed by atoms with van der Waals surface area (Å²) in [6.45, 7) is 11.1. The van der Waals surface area contributed by atoms with Gasteiger partial charge in [0.05, 0.1) is 37.1 Å². The Kier molecular flexibility index (Phi) is 15.1. The van der Waals surface area contributed by atoms with Crippen molar-refractivity contribution in [3.63, 3.8) is 0 Å². The molecular weight excluding hydrogens is 561 g/mol. The van der Waals surface area contributed by atoms with Gasteiger partial charge >= 0.3 is 7.82 Å². The summed E-state index contributed by atoms with van der Waals surface area (Å²) in [7, 11) is -4.30. The van der Waals surface area contributed by atoms with Gasteiger partial charge in [0.2, 0.25) is 5.91 Å². The topological polar surface area (TPSA) is 182 Å². The maximum absolute atomic E-state index is 12.5. The van der Waals surface area contributed by atoms with Crippen LogP contribution in [0.5, 0.6) is 0 Å². The van der Waals surface area contributed by atoms with Crippen LogP contribution in [0.4, 0.5) is 0 Å². The van der Waals surface area contributed by atoms with Gasteiger partial charge in [0.25, 0.3) is 0 Å². The van der Waals surface area contributed by atoms with E-state index in [-0.39, 0.29) is 24.7 Å². The van der Waals surface area contributed by atoms with Crippen LogP contribution in [0.25, 0.3) is 0 Å². The molecule has 9 atom stereocenters. The summed E-state index contributed by atoms with van der Waals surface area (Å²) >= 11 is 0. The lowest BCUT2D eigenvalue weighted by atomic mass is 9.92. The van der Waals surface area contributed by atoms with E-state index in [0.29, 0.717) is 51.7 Å². The highest BCUT2D eigenvalue weighted by molar-refractivity contribution is 7.47. The van der Waals surface area contributed by atoms with E-state index in [2.05, 4.69) is 5.32 Å². The van der Waals surface area contributed by atoms with Crippen LogP contribution in [0.2, 0.25) is 0 Å². The fraction of sp³-hybridized carbons (Fsp3) is 0.963. The van der Waals surface area contributed by atoms with E-state index in [1.165, 1.54) is 0 Å². The Bertz CT molecular complexity index is 823. The maximum Gasteiger partial charge on any atom is 0.473 e. The minimum atomic E-state index is -4.30. The van der Waals surface area contributed by atoms with Crippen LogP contribution in [0.3, 0.4) is 0 Å². The van der Waals surface area contributed by atoms with E-state index in [1.54, 1.807) is 27.7 Å². The molecule has 2 unspecified atom stereocenters. The Labute approximate surface area is 243 Å². The number of aliphatic hydroxyl groups excluding tert-OH is 3. The predicted molar refractivity (Wildman–Crippen MR) is 149 cm³/mol. The summed E-state index contributed by atoms with van der Waals surface area (Å²) < 4.78 is 46.2. The third kappa shape index (κ3) is 13.2. The zero-order valence-corrected chi connectivity index (χ0v) is 26.2. The number of rotatable bonds is 17. The van der Waals surface area contributed by atoms with E-state index in [1.807, 2.05) is 13.8 Å². The predicted octanol–water partition coefficient (Wildman–Crippen LogP) is 2.03. The minimum absolute atomic E-state index is 0.0310. The quantitative estimate of drug-likeness (QED) is 0.119. The molecule has 0 radical (unpaired) electrons. The molecule has 13 nitrogen and oxygen atoms in total. The van der Waals surface area contributed by atoms with Crippen LogP contribution in [0, 0.1) is 5.92 Å². The molecule has 0 saturated carbocycles. The van der Waals surface area contributed by atoms with Crippen LogP contribution in [0.1, 0.15) is 80.1 Å². The molecule has 5 N–H and O–H groups in total. The van der Waals surface area contributed by atoms with Gasteiger partial charge in [-0.1, -0.05) is 6.92 Å². The average molecular weight is 614 g/mol. The third-order valence-corrected chi connectivity index (χ3v) is 8.14. The number of hydrogen-bond donors (Lipinski definition) is 5. The summed E-state index contributed by atoms with van der Waals surface area (Å²) in [5, 5.41) is 32.2. The number of carbonyl (C=O) groups excluding carboxylic acids is 1. The van der Waals surface area contributed by atoms with E-state index in [0.717, 1.165) is 0 Å². The molecule has 41 heavy (non-hydrogen) atoms. The van der Waals surface area contributed by atoms with Gasteiger partial charge in [-0.2, -0.15) is 0 Å². The van der Waals surface area contributed by atoms with Crippen molar-refractivity contribution in [2.75, 3.05) is 26.4 Å². The van der Waals surface area contributed by atoms with Crippen LogP contribution >= 0.6 is 7.82 Å². The second-order valence-electron chi connectivity index (χ2n) is 12.1. The van der Waals surface area contributed by atoms with Crippen LogP contribution in [-0.2, 0) is 37.4 Å². The van der Waals surface area contributed by atoms with Gasteiger partial charge in [0.15, 0.2) is 6.29 Å². The number of hydrogen-bond acceptors (Lipinski definition) is 11. The van der Waals surface area contributed by atoms with Crippen molar-refractivity contribution in [2.24, 2.45) is 5.92 Å². The number of aliphatic hydroxyl groups is 3. The second-order valence-corrected chi connectivity index (χ2v) is 13.4. The summed E-state index contributed by atoms with van der Waals surface area (Å²) in [5.41, 5.74) is -0.849. The van der Waals surface area contributed by atoms with Gasteiger partial charge in [-0.25, -0.2) is 4.57 Å². The SMILES string of the molecule is CC(C)OC[C@H]1O[C@@H](CCCNC(=O)CCCCO[C@@H]2O[C@H](CO)[C@H](O)[C@H](O)[C@H]2C)CC1OP(=O)(O)OC(C)(C)C. The Morgan fingerprint density at radius 2 is 1.80 bits per heavy atom. The highest BCUT2D eigenvalue weighted by atomic mass is 31.2. The fourth-order valence-corrected chi connectivity index (χ4v) is 6.01. The van der Waals surface area contributed by atoms with Gasteiger partial charge in [0, 0.05) is 31.9 Å². The maximum atomic E-state index is 12.5. The zero-order chi connectivity index (χ0) is 30.8. The first-order valence-electron chi connectivity index (χ1n) is 14.6. The van der Waals surface area contributed by atoms with Crippen molar-refractivity contribution in [3.8, 4) is 0 Å². The number of unbranched alkanes of at least 4 members (excludes halogenated alkanes) is 1. The average Bonchev–Trinajstić information content (AvgIpc) is 3.23. The highest BCUT2D eigenvalue weighted by Gasteiger charge is 2.43. The Morgan fingerprint density at radius 3 is 2.44 bits per heavy atom. The molecule has 2 fully saturated rings. The Balaban J connectivity index is 1.66. The van der Waals surface area contributed by atoms with Gasteiger partial charge in [-0.15, -0.1) is 0 Å². The van der Waals surface area contributed by atoms with Gasteiger partial charge in [0.1, 0.15) is 24.4 Å². The lowest BCUT2D eigenvalue weighted by Crippen LogP contribution is -2.55. The second kappa shape index (κ2) is 17.0. The zero-order valence-electron chi connectivity index (χ0n) is 25.3. The first-order chi connectivity index (χ1) is 19.1. The van der Waals surface area contributed by atoms with Gasteiger partial charge in [-0.05, 0) is 60.3 Å². The number of carbonyl (C=O) groups is 1. The van der Waals surface area contributed by atoms with Gasteiger partial charge in [-0.3, -0.25) is 13.8 Å². The lowest BCUT2D eigenvalue weighted by molar-refractivity contribution is -0.282. The first-order valence-corrected chi connectivity index (χ1v) is 16.1. The summed E-state index contributed by atoms with van der Waals surface area (Å²) in [6, 6.07) is 0. The van der Waals surface area contributed by atoms with E-state index in [9.17, 15) is 29.6 Å². The van der Waals surface area contributed by atoms with Crippen molar-refractivity contribution in [1.29, 1.82) is 0 Å². The van der Waals surface area contributed by atoms with Crippen molar-refractivity contribution >= 4 is 13.7 Å². The normalized spacial score (nSPS) is 32.3. The molecule has 0 aromatic rings. The standard InChI is InChI=1S/C27H52NO12P/c1-17(2)36-16-22-20(39-41(33,34)40-27(4,5)6)14-19(37-22)10-9-12-28-23(30)11-7-8-13-35-26-18(3)24(31)25(32)21(15-29)38-26/h17-22,24-26,29,31-32H,7-16H2,1-6H3,(H,28,30)(H,33,34)/t18-,19+,20?,21-,22-,24-,25+,26-/m1/s1. The number of amides is 1. The molecule has 2 aliphatic heterocycles. The summed E-state index contributed by atoms with van der Waals surface area (Å²) in [4.78, 5) is 22.5. The third-order valence-electron chi connectivity index (χ3n) is 6.82. The monoisotopic (exact) mass is 613 g/mol. The molecule has 1 amide bonds. The van der Waals surface area contributed by atoms with Crippen LogP contribution in [-0.4, -0.2) is 107 Å². The van der Waals surface area contributed by atoms with Gasteiger partial charge < -0.3 is 44.5 Å². The summed E-state index contributed by atoms with van der Waals surface area (Å²) in [5.74, 6) is -0.534. The lowest BCUT2D eigenvalue weighted by Gasteiger charge is -2.40. The molecule has 0 aromatic carbocycles. The number of phosphoric acid groups is 1. The van der Waals surface area contributed by atoms with E-state index >= 15 is 0 Å². The highest BCUT2D eigenvalue weighted by Crippen LogP contribution is 2.50. The van der Waals surface area contributed by atoms with Crippen LogP contribution < -0.4 is 5.32 Å². The molecule has 2 saturated heterocycles. The van der Waals surface area contributed by atoms with Crippen molar-refractivity contribution in [2.45, 2.75) is 135 Å². The molecule has 14 heteroatoms. The molecule has 0 aliphatic carbocycles. The molecule has 2 heterocycles. The number of phosphoric ester groups is 1. The van der Waals surface area contributed by atoms with Crippen molar-refractivity contribution in [1.82, 2.24) is 5.32 Å². The fourth-order valence-electron chi connectivity index (χ4n) is 4.71. The smallest absolute Gasteiger partial charge is 0.394 e. The number of nitrogens with one attached hydrogen (secondary N) is 1. The van der Waals surface area contributed by atoms with Crippen LogP contribution in [0.15, 0.2) is 0 Å². The minimum Gasteiger partial charge on any atom is -0.394 e. The Hall–Kier alpha value is -0.700. The Morgan fingerprint density at radius 1 is 1.10 bits per heavy atom. The molecule has 0 spiro atoms.